The minimum absolute atomic E-state index is 0.218. The highest BCUT2D eigenvalue weighted by Crippen LogP contribution is 2.34. The first kappa shape index (κ1) is 20.6. The molecular formula is C24H29N3O2. The molecule has 2 amide bonds. The van der Waals surface area contributed by atoms with Gasteiger partial charge in [-0.25, -0.2) is 0 Å². The molecule has 152 valence electrons. The number of fused-ring (bicyclic) bond motifs is 1. The first-order valence-corrected chi connectivity index (χ1v) is 9.88. The Balaban J connectivity index is 2.19. The highest BCUT2D eigenvalue weighted by atomic mass is 16.2. The summed E-state index contributed by atoms with van der Waals surface area (Å²) in [7, 11) is 0. The molecule has 5 nitrogen and oxygen atoms in total. The maximum absolute atomic E-state index is 12.5. The third-order valence-electron chi connectivity index (χ3n) is 5.34. The van der Waals surface area contributed by atoms with Gasteiger partial charge < -0.3 is 15.6 Å². The molecule has 0 saturated carbocycles. The highest BCUT2D eigenvalue weighted by Gasteiger charge is 2.28. The van der Waals surface area contributed by atoms with E-state index in [1.807, 2.05) is 6.08 Å². The standard InChI is InChI=1S/C24H29N3O2/c1-7-24(5,6)21-18(13-20-23(29)25-15(4)22(28)27-20)17-12-16(9-8-14(2)3)10-11-19(17)26-21/h7-8,10-13,15,26H,1,9H2,2-6H3,(H,25,29)(H,27,28)/b20-13-. The normalized spacial score (nSPS) is 18.5. The Morgan fingerprint density at radius 3 is 2.62 bits per heavy atom. The van der Waals surface area contributed by atoms with E-state index in [-0.39, 0.29) is 22.9 Å². The van der Waals surface area contributed by atoms with Gasteiger partial charge in [0.1, 0.15) is 11.7 Å². The van der Waals surface area contributed by atoms with E-state index in [1.54, 1.807) is 13.0 Å². The molecule has 1 aliphatic rings. The Bertz CT molecular complexity index is 1050. The van der Waals surface area contributed by atoms with Crippen molar-refractivity contribution in [2.24, 2.45) is 0 Å². The molecule has 1 saturated heterocycles. The molecule has 1 fully saturated rings. The monoisotopic (exact) mass is 391 g/mol. The van der Waals surface area contributed by atoms with Gasteiger partial charge in [0.15, 0.2) is 0 Å². The van der Waals surface area contributed by atoms with E-state index in [9.17, 15) is 9.59 Å². The van der Waals surface area contributed by atoms with Gasteiger partial charge in [-0.2, -0.15) is 0 Å². The number of hydrogen-bond donors (Lipinski definition) is 3. The molecule has 3 rings (SSSR count). The molecule has 29 heavy (non-hydrogen) atoms. The van der Waals surface area contributed by atoms with Crippen molar-refractivity contribution in [3.8, 4) is 0 Å². The smallest absolute Gasteiger partial charge is 0.268 e. The molecule has 0 aliphatic carbocycles. The Morgan fingerprint density at radius 1 is 1.24 bits per heavy atom. The fourth-order valence-corrected chi connectivity index (χ4v) is 3.35. The fourth-order valence-electron chi connectivity index (χ4n) is 3.35. The lowest BCUT2D eigenvalue weighted by Crippen LogP contribution is -2.53. The van der Waals surface area contributed by atoms with Crippen molar-refractivity contribution < 1.29 is 9.59 Å². The molecule has 1 unspecified atom stereocenters. The van der Waals surface area contributed by atoms with Crippen LogP contribution < -0.4 is 10.6 Å². The average molecular weight is 392 g/mol. The van der Waals surface area contributed by atoms with Gasteiger partial charge in [0, 0.05) is 27.6 Å². The molecule has 5 heteroatoms. The number of benzene rings is 1. The summed E-state index contributed by atoms with van der Waals surface area (Å²) in [6.45, 7) is 13.9. The van der Waals surface area contributed by atoms with Gasteiger partial charge in [0.25, 0.3) is 5.91 Å². The Hall–Kier alpha value is -3.08. The third kappa shape index (κ3) is 4.19. The predicted molar refractivity (Wildman–Crippen MR) is 118 cm³/mol. The maximum Gasteiger partial charge on any atom is 0.268 e. The third-order valence-corrected chi connectivity index (χ3v) is 5.34. The van der Waals surface area contributed by atoms with Crippen molar-refractivity contribution in [1.82, 2.24) is 15.6 Å². The topological polar surface area (TPSA) is 74.0 Å². The van der Waals surface area contributed by atoms with Gasteiger partial charge in [-0.15, -0.1) is 6.58 Å². The largest absolute Gasteiger partial charge is 0.357 e. The second-order valence-corrected chi connectivity index (χ2v) is 8.45. The molecule has 3 N–H and O–H groups in total. The minimum atomic E-state index is -0.539. The van der Waals surface area contributed by atoms with Crippen molar-refractivity contribution in [1.29, 1.82) is 0 Å². The first-order valence-electron chi connectivity index (χ1n) is 9.88. The van der Waals surface area contributed by atoms with Crippen molar-refractivity contribution >= 4 is 28.8 Å². The number of piperazine rings is 1. The van der Waals surface area contributed by atoms with Crippen molar-refractivity contribution in [2.75, 3.05) is 0 Å². The van der Waals surface area contributed by atoms with E-state index in [1.165, 1.54) is 11.1 Å². The number of carbonyl (C=O) groups excluding carboxylic acids is 2. The molecule has 1 aliphatic heterocycles. The predicted octanol–water partition coefficient (Wildman–Crippen LogP) is 4.12. The minimum Gasteiger partial charge on any atom is -0.357 e. The van der Waals surface area contributed by atoms with Gasteiger partial charge >= 0.3 is 0 Å². The van der Waals surface area contributed by atoms with Crippen LogP contribution in [0.5, 0.6) is 0 Å². The molecule has 1 aromatic carbocycles. The van der Waals surface area contributed by atoms with Crippen LogP contribution in [-0.4, -0.2) is 22.8 Å². The summed E-state index contributed by atoms with van der Waals surface area (Å²) in [5, 5.41) is 6.45. The molecule has 1 aromatic heterocycles. The summed E-state index contributed by atoms with van der Waals surface area (Å²) >= 11 is 0. The second kappa shape index (κ2) is 7.74. The zero-order valence-corrected chi connectivity index (χ0v) is 17.8. The number of rotatable bonds is 5. The van der Waals surface area contributed by atoms with E-state index >= 15 is 0 Å². The zero-order valence-electron chi connectivity index (χ0n) is 17.8. The quantitative estimate of drug-likeness (QED) is 0.530. The number of aromatic nitrogens is 1. The van der Waals surface area contributed by atoms with E-state index in [2.05, 4.69) is 74.2 Å². The fraction of sp³-hybridized carbons (Fsp3) is 0.333. The summed E-state index contributed by atoms with van der Waals surface area (Å²) in [6, 6.07) is 5.78. The van der Waals surface area contributed by atoms with Gasteiger partial charge in [0.2, 0.25) is 5.91 Å². The number of allylic oxidation sites excluding steroid dienone is 3. The van der Waals surface area contributed by atoms with Crippen LogP contribution in [0.15, 0.2) is 48.2 Å². The lowest BCUT2D eigenvalue weighted by molar-refractivity contribution is -0.130. The van der Waals surface area contributed by atoms with Crippen molar-refractivity contribution in [3.63, 3.8) is 0 Å². The lowest BCUT2D eigenvalue weighted by atomic mass is 9.86. The molecule has 1 atom stereocenters. The van der Waals surface area contributed by atoms with Crippen LogP contribution in [0, 0.1) is 0 Å². The Labute approximate surface area is 172 Å². The van der Waals surface area contributed by atoms with Gasteiger partial charge in [-0.05, 0) is 51.0 Å². The highest BCUT2D eigenvalue weighted by molar-refractivity contribution is 6.08. The number of carbonyl (C=O) groups is 2. The van der Waals surface area contributed by atoms with Crippen LogP contribution in [0.4, 0.5) is 0 Å². The summed E-state index contributed by atoms with van der Waals surface area (Å²) in [5.41, 5.74) is 5.20. The van der Waals surface area contributed by atoms with E-state index in [4.69, 9.17) is 0 Å². The van der Waals surface area contributed by atoms with Crippen LogP contribution in [0.1, 0.15) is 51.4 Å². The molecular weight excluding hydrogens is 362 g/mol. The van der Waals surface area contributed by atoms with E-state index < -0.39 is 6.04 Å². The maximum atomic E-state index is 12.5. The number of aromatic amines is 1. The number of nitrogens with one attached hydrogen (secondary N) is 3. The second-order valence-electron chi connectivity index (χ2n) is 8.45. The van der Waals surface area contributed by atoms with Crippen LogP contribution in [0.3, 0.4) is 0 Å². The summed E-state index contributed by atoms with van der Waals surface area (Å²) < 4.78 is 0. The number of H-pyrrole nitrogens is 1. The molecule has 2 heterocycles. The van der Waals surface area contributed by atoms with E-state index in [0.29, 0.717) is 0 Å². The van der Waals surface area contributed by atoms with Crippen LogP contribution in [-0.2, 0) is 21.4 Å². The van der Waals surface area contributed by atoms with Gasteiger partial charge in [0.05, 0.1) is 0 Å². The van der Waals surface area contributed by atoms with Gasteiger partial charge in [-0.3, -0.25) is 9.59 Å². The molecule has 0 bridgehead atoms. The van der Waals surface area contributed by atoms with Crippen LogP contribution in [0.25, 0.3) is 17.0 Å². The van der Waals surface area contributed by atoms with Crippen molar-refractivity contribution in [3.05, 3.63) is 65.0 Å². The summed E-state index contributed by atoms with van der Waals surface area (Å²) in [6.07, 6.45) is 6.68. The van der Waals surface area contributed by atoms with Crippen LogP contribution >= 0.6 is 0 Å². The summed E-state index contributed by atoms with van der Waals surface area (Å²) in [4.78, 5) is 28.0. The SMILES string of the molecule is C=CC(C)(C)c1[nH]c2ccc(CC=C(C)C)cc2c1/C=C1\NC(=O)C(C)NC1=O. The number of amides is 2. The summed E-state index contributed by atoms with van der Waals surface area (Å²) in [5.74, 6) is -0.501. The lowest BCUT2D eigenvalue weighted by Gasteiger charge is -2.23. The van der Waals surface area contributed by atoms with Crippen LogP contribution in [0.2, 0.25) is 0 Å². The van der Waals surface area contributed by atoms with E-state index in [0.717, 1.165) is 28.6 Å². The first-order chi connectivity index (χ1) is 13.6. The Morgan fingerprint density at radius 2 is 1.97 bits per heavy atom. The molecule has 0 spiro atoms. The zero-order chi connectivity index (χ0) is 21.3. The molecule has 0 radical (unpaired) electrons. The number of hydrogen-bond acceptors (Lipinski definition) is 2. The van der Waals surface area contributed by atoms with Crippen molar-refractivity contribution in [2.45, 2.75) is 52.5 Å². The molecule has 2 aromatic rings. The average Bonchev–Trinajstić information content (AvgIpc) is 3.03. The Kier molecular flexibility index (Phi) is 5.51. The van der Waals surface area contributed by atoms with Gasteiger partial charge in [-0.1, -0.05) is 37.6 Å².